The lowest BCUT2D eigenvalue weighted by atomic mass is 9.48. The minimum absolute atomic E-state index is 0.458. The first-order valence-electron chi connectivity index (χ1n) is 13.8. The summed E-state index contributed by atoms with van der Waals surface area (Å²) in [5, 5.41) is 2.82. The van der Waals surface area contributed by atoms with E-state index < -0.39 is 0 Å². The van der Waals surface area contributed by atoms with Crippen LogP contribution >= 0.6 is 0 Å². The lowest BCUT2D eigenvalue weighted by molar-refractivity contribution is -0.659. The average Bonchev–Trinajstić information content (AvgIpc) is 2.78. The Kier molecular flexibility index (Phi) is 5.21. The van der Waals surface area contributed by atoms with Crippen molar-refractivity contribution in [2.75, 3.05) is 0 Å². The highest BCUT2D eigenvalue weighted by atomic mass is 14.9. The molecule has 1 heteroatoms. The summed E-state index contributed by atoms with van der Waals surface area (Å²) >= 11 is 0. The summed E-state index contributed by atoms with van der Waals surface area (Å²) in [6, 6.07) is 14.8. The normalized spacial score (nSPS) is 27.9. The summed E-state index contributed by atoms with van der Waals surface area (Å²) < 4.78 is 2.35. The Labute approximate surface area is 206 Å². The van der Waals surface area contributed by atoms with E-state index in [1.165, 1.54) is 77.2 Å². The molecule has 4 bridgehead atoms. The zero-order valence-electron chi connectivity index (χ0n) is 22.1. The van der Waals surface area contributed by atoms with Crippen LogP contribution in [-0.2, 0) is 12.5 Å². The number of nitrogens with zero attached hydrogens (tertiary/aromatic N) is 1. The number of pyridine rings is 1. The SMILES string of the molecule is Cc1c(-c2c3ccc(C45CC6CC(CC(C6)C4)C5)cc3cc[n+]2C)cc(C(C)C)cc1C(C)C. The molecule has 4 aliphatic carbocycles. The molecule has 1 heterocycles. The van der Waals surface area contributed by atoms with Gasteiger partial charge in [-0.05, 0) is 120 Å². The highest BCUT2D eigenvalue weighted by molar-refractivity contribution is 5.94. The molecular formula is C33H42N+. The van der Waals surface area contributed by atoms with E-state index in [2.05, 4.69) is 88.8 Å². The van der Waals surface area contributed by atoms with Gasteiger partial charge in [-0.2, -0.15) is 0 Å². The number of aromatic nitrogens is 1. The van der Waals surface area contributed by atoms with Gasteiger partial charge in [-0.25, -0.2) is 4.57 Å². The quantitative estimate of drug-likeness (QED) is 0.350. The Hall–Kier alpha value is -2.15. The molecular weight excluding hydrogens is 410 g/mol. The third kappa shape index (κ3) is 3.45. The first-order chi connectivity index (χ1) is 16.2. The molecule has 4 saturated carbocycles. The number of rotatable bonds is 4. The van der Waals surface area contributed by atoms with Gasteiger partial charge >= 0.3 is 0 Å². The fourth-order valence-corrected chi connectivity index (χ4v) is 8.44. The average molecular weight is 453 g/mol. The standard InChI is InChI=1S/C33H42N/c1-20(2)27-15-30(21(3)4)22(5)31(16-27)32-29-8-7-28(14-26(29)9-10-34(32)6)33-17-23-11-24(18-33)13-25(12-23)19-33/h7-10,14-16,20-21,23-25H,11-13,17-19H2,1-6H3/q+1. The van der Waals surface area contributed by atoms with Gasteiger partial charge in [0.1, 0.15) is 7.05 Å². The van der Waals surface area contributed by atoms with E-state index in [9.17, 15) is 0 Å². The summed E-state index contributed by atoms with van der Waals surface area (Å²) in [6.07, 6.45) is 11.1. The third-order valence-electron chi connectivity index (χ3n) is 9.80. The van der Waals surface area contributed by atoms with Crippen LogP contribution in [0.5, 0.6) is 0 Å². The monoisotopic (exact) mass is 452 g/mol. The number of hydrogen-bond donors (Lipinski definition) is 0. The van der Waals surface area contributed by atoms with E-state index in [4.69, 9.17) is 0 Å². The van der Waals surface area contributed by atoms with E-state index in [1.54, 1.807) is 5.56 Å². The molecule has 4 fully saturated rings. The molecule has 178 valence electrons. The second-order valence-corrected chi connectivity index (χ2v) is 12.9. The molecule has 0 atom stereocenters. The fourth-order valence-electron chi connectivity index (χ4n) is 8.44. The zero-order chi connectivity index (χ0) is 23.8. The van der Waals surface area contributed by atoms with Crippen LogP contribution in [0.2, 0.25) is 0 Å². The molecule has 0 radical (unpaired) electrons. The van der Waals surface area contributed by atoms with Crippen molar-refractivity contribution in [3.8, 4) is 11.3 Å². The van der Waals surface area contributed by atoms with Gasteiger partial charge in [-0.15, -0.1) is 0 Å². The number of fused-ring (bicyclic) bond motifs is 1. The summed E-state index contributed by atoms with van der Waals surface area (Å²) in [6.45, 7) is 11.6. The molecule has 7 rings (SSSR count). The van der Waals surface area contributed by atoms with Gasteiger partial charge in [0.05, 0.1) is 10.9 Å². The van der Waals surface area contributed by atoms with E-state index in [0.29, 0.717) is 17.3 Å². The van der Waals surface area contributed by atoms with Gasteiger partial charge < -0.3 is 0 Å². The van der Waals surface area contributed by atoms with Crippen molar-refractivity contribution in [2.24, 2.45) is 24.8 Å². The number of aryl methyl sites for hydroxylation is 1. The second-order valence-electron chi connectivity index (χ2n) is 12.9. The van der Waals surface area contributed by atoms with Gasteiger partial charge in [-0.3, -0.25) is 0 Å². The Balaban J connectivity index is 1.51. The van der Waals surface area contributed by atoms with Crippen molar-refractivity contribution in [3.63, 3.8) is 0 Å². The lowest BCUT2D eigenvalue weighted by Gasteiger charge is -2.57. The molecule has 4 aliphatic rings. The topological polar surface area (TPSA) is 3.88 Å². The van der Waals surface area contributed by atoms with Gasteiger partial charge in [0.25, 0.3) is 0 Å². The van der Waals surface area contributed by atoms with Crippen LogP contribution in [0, 0.1) is 24.7 Å². The van der Waals surface area contributed by atoms with Crippen LogP contribution in [0.1, 0.15) is 100 Å². The molecule has 3 aromatic rings. The maximum absolute atomic E-state index is 2.58. The van der Waals surface area contributed by atoms with Crippen molar-refractivity contribution >= 4 is 10.8 Å². The summed E-state index contributed by atoms with van der Waals surface area (Å²) in [5.41, 5.74) is 9.25. The zero-order valence-corrected chi connectivity index (χ0v) is 22.1. The summed E-state index contributed by atoms with van der Waals surface area (Å²) in [7, 11) is 2.22. The van der Waals surface area contributed by atoms with Crippen LogP contribution in [-0.4, -0.2) is 0 Å². The Morgan fingerprint density at radius 1 is 0.824 bits per heavy atom. The molecule has 1 nitrogen and oxygen atoms in total. The predicted octanol–water partition coefficient (Wildman–Crippen LogP) is 8.35. The minimum Gasteiger partial charge on any atom is -0.200 e. The van der Waals surface area contributed by atoms with Crippen LogP contribution in [0.3, 0.4) is 0 Å². The molecule has 0 amide bonds. The minimum atomic E-state index is 0.458. The van der Waals surface area contributed by atoms with E-state index in [-0.39, 0.29) is 0 Å². The van der Waals surface area contributed by atoms with Crippen molar-refractivity contribution in [2.45, 2.75) is 90.4 Å². The maximum Gasteiger partial charge on any atom is 0.220 e. The van der Waals surface area contributed by atoms with Crippen molar-refractivity contribution < 1.29 is 4.57 Å². The van der Waals surface area contributed by atoms with E-state index in [1.807, 2.05) is 0 Å². The summed E-state index contributed by atoms with van der Waals surface area (Å²) in [5.74, 6) is 4.02. The number of hydrogen-bond acceptors (Lipinski definition) is 0. The van der Waals surface area contributed by atoms with Gasteiger partial charge in [0.15, 0.2) is 6.20 Å². The van der Waals surface area contributed by atoms with Crippen molar-refractivity contribution in [3.05, 3.63) is 64.8 Å². The van der Waals surface area contributed by atoms with Crippen LogP contribution in [0.4, 0.5) is 0 Å². The van der Waals surface area contributed by atoms with Crippen LogP contribution in [0.15, 0.2) is 42.6 Å². The van der Waals surface area contributed by atoms with Crippen LogP contribution in [0.25, 0.3) is 22.0 Å². The molecule has 0 unspecified atom stereocenters. The molecule has 0 N–H and O–H groups in total. The molecule has 1 aromatic heterocycles. The molecule has 0 saturated heterocycles. The Morgan fingerprint density at radius 2 is 1.47 bits per heavy atom. The highest BCUT2D eigenvalue weighted by Crippen LogP contribution is 2.60. The fraction of sp³-hybridized carbons (Fsp3) is 0.545. The lowest BCUT2D eigenvalue weighted by Crippen LogP contribution is -2.48. The van der Waals surface area contributed by atoms with Gasteiger partial charge in [-0.1, -0.05) is 45.9 Å². The molecule has 2 aromatic carbocycles. The molecule has 0 aliphatic heterocycles. The Morgan fingerprint density at radius 3 is 2.06 bits per heavy atom. The van der Waals surface area contributed by atoms with Gasteiger partial charge in [0, 0.05) is 6.07 Å². The van der Waals surface area contributed by atoms with E-state index in [0.717, 1.165) is 17.8 Å². The maximum atomic E-state index is 2.58. The first kappa shape index (κ1) is 22.3. The van der Waals surface area contributed by atoms with Crippen molar-refractivity contribution in [1.82, 2.24) is 0 Å². The van der Waals surface area contributed by atoms with Gasteiger partial charge in [0.2, 0.25) is 5.69 Å². The Bertz CT molecular complexity index is 1230. The molecule has 0 spiro atoms. The predicted molar refractivity (Wildman–Crippen MR) is 143 cm³/mol. The summed E-state index contributed by atoms with van der Waals surface area (Å²) in [4.78, 5) is 0. The molecule has 34 heavy (non-hydrogen) atoms. The second kappa shape index (κ2) is 7.94. The third-order valence-corrected chi connectivity index (χ3v) is 9.80. The first-order valence-corrected chi connectivity index (χ1v) is 13.8. The van der Waals surface area contributed by atoms with E-state index >= 15 is 0 Å². The van der Waals surface area contributed by atoms with Crippen molar-refractivity contribution in [1.29, 1.82) is 0 Å². The smallest absolute Gasteiger partial charge is 0.200 e. The largest absolute Gasteiger partial charge is 0.220 e. The highest BCUT2D eigenvalue weighted by Gasteiger charge is 2.51. The number of benzene rings is 2. The van der Waals surface area contributed by atoms with Crippen LogP contribution < -0.4 is 4.57 Å².